The van der Waals surface area contributed by atoms with Gasteiger partial charge in [0.15, 0.2) is 0 Å². The zero-order valence-corrected chi connectivity index (χ0v) is 12.9. The predicted molar refractivity (Wildman–Crippen MR) is 87.4 cm³/mol. The Morgan fingerprint density at radius 1 is 1.09 bits per heavy atom. The van der Waals surface area contributed by atoms with Crippen molar-refractivity contribution in [3.63, 3.8) is 0 Å². The summed E-state index contributed by atoms with van der Waals surface area (Å²) in [6.07, 6.45) is 0. The van der Waals surface area contributed by atoms with Gasteiger partial charge in [-0.05, 0) is 42.7 Å². The SMILES string of the molecule is Cc1cccc(C)c1C(NN=[N-])C(=O)N(C)c1ccccc1. The van der Waals surface area contributed by atoms with Crippen LogP contribution < -0.4 is 10.3 Å². The first-order valence-corrected chi connectivity index (χ1v) is 7.04. The maximum Gasteiger partial charge on any atom is 0.234 e. The first-order chi connectivity index (χ1) is 10.6. The maximum absolute atomic E-state index is 12.8. The molecule has 2 aromatic carbocycles. The molecular formula is C17H19N4O-. The number of likely N-dealkylation sites (N-methyl/N-ethyl adjacent to an activating group) is 1. The van der Waals surface area contributed by atoms with Gasteiger partial charge in [0.2, 0.25) is 5.91 Å². The quantitative estimate of drug-likeness (QED) is 0.677. The van der Waals surface area contributed by atoms with Crippen molar-refractivity contribution < 1.29 is 4.79 Å². The monoisotopic (exact) mass is 295 g/mol. The van der Waals surface area contributed by atoms with Crippen LogP contribution in [0.3, 0.4) is 0 Å². The van der Waals surface area contributed by atoms with Gasteiger partial charge in [0.05, 0.1) is 6.04 Å². The van der Waals surface area contributed by atoms with Gasteiger partial charge in [-0.1, -0.05) is 36.4 Å². The highest BCUT2D eigenvalue weighted by molar-refractivity contribution is 5.97. The molecule has 1 atom stereocenters. The summed E-state index contributed by atoms with van der Waals surface area (Å²) in [5.74, 6) is -0.193. The molecule has 22 heavy (non-hydrogen) atoms. The Hall–Kier alpha value is -2.69. The van der Waals surface area contributed by atoms with Gasteiger partial charge < -0.3 is 15.9 Å². The number of carbonyl (C=O) groups is 1. The number of nitrogens with one attached hydrogen (secondary N) is 1. The highest BCUT2D eigenvalue weighted by Gasteiger charge is 2.23. The summed E-state index contributed by atoms with van der Waals surface area (Å²) in [6.45, 7) is 3.87. The van der Waals surface area contributed by atoms with Gasteiger partial charge in [-0.15, -0.1) is 0 Å². The zero-order valence-electron chi connectivity index (χ0n) is 12.9. The fourth-order valence-corrected chi connectivity index (χ4v) is 2.56. The van der Waals surface area contributed by atoms with Crippen LogP contribution in [0.5, 0.6) is 0 Å². The first-order valence-electron chi connectivity index (χ1n) is 7.04. The standard InChI is InChI=1S/C17H19N4O/c1-12-8-7-9-13(2)15(12)16(19-20-18)17(22)21(3)14-10-5-4-6-11-14/h4-11,16H,1-3H3,(H-,18,19)/q-1. The maximum atomic E-state index is 12.8. The van der Waals surface area contributed by atoms with Gasteiger partial charge in [-0.25, -0.2) is 0 Å². The second-order valence-corrected chi connectivity index (χ2v) is 5.20. The number of hydrogen-bond donors (Lipinski definition) is 1. The summed E-state index contributed by atoms with van der Waals surface area (Å²) < 4.78 is 0. The van der Waals surface area contributed by atoms with Gasteiger partial charge in [-0.2, -0.15) is 0 Å². The molecule has 114 valence electrons. The molecule has 1 unspecified atom stereocenters. The van der Waals surface area contributed by atoms with Crippen LogP contribution in [0.25, 0.3) is 5.53 Å². The Bertz CT molecular complexity index is 649. The fourth-order valence-electron chi connectivity index (χ4n) is 2.56. The Morgan fingerprint density at radius 3 is 2.23 bits per heavy atom. The number of amides is 1. The van der Waals surface area contributed by atoms with Crippen molar-refractivity contribution in [2.24, 2.45) is 5.22 Å². The van der Waals surface area contributed by atoms with Crippen LogP contribution >= 0.6 is 0 Å². The van der Waals surface area contributed by atoms with Crippen molar-refractivity contribution in [2.75, 3.05) is 11.9 Å². The summed E-state index contributed by atoms with van der Waals surface area (Å²) in [5.41, 5.74) is 15.0. The summed E-state index contributed by atoms with van der Waals surface area (Å²) in [4.78, 5) is 14.4. The predicted octanol–water partition coefficient (Wildman–Crippen LogP) is 3.53. The largest absolute Gasteiger partial charge is 0.397 e. The van der Waals surface area contributed by atoms with Gasteiger partial charge in [-0.3, -0.25) is 10.0 Å². The van der Waals surface area contributed by atoms with E-state index in [1.165, 1.54) is 0 Å². The lowest BCUT2D eigenvalue weighted by Crippen LogP contribution is -2.37. The molecule has 5 nitrogen and oxygen atoms in total. The molecule has 0 aromatic heterocycles. The van der Waals surface area contributed by atoms with E-state index in [1.54, 1.807) is 11.9 Å². The molecule has 0 aliphatic carbocycles. The number of anilines is 1. The third-order valence-electron chi connectivity index (χ3n) is 3.74. The van der Waals surface area contributed by atoms with Gasteiger partial charge >= 0.3 is 0 Å². The van der Waals surface area contributed by atoms with E-state index in [2.05, 4.69) is 10.6 Å². The van der Waals surface area contributed by atoms with Crippen LogP contribution in [0.4, 0.5) is 5.69 Å². The lowest BCUT2D eigenvalue weighted by Gasteiger charge is -2.29. The van der Waals surface area contributed by atoms with E-state index in [4.69, 9.17) is 5.53 Å². The Labute approximate surface area is 130 Å². The molecule has 0 spiro atoms. The molecule has 1 N–H and O–H groups in total. The summed E-state index contributed by atoms with van der Waals surface area (Å²) >= 11 is 0. The molecule has 0 bridgehead atoms. The highest BCUT2D eigenvalue weighted by atomic mass is 16.2. The van der Waals surface area contributed by atoms with Crippen LogP contribution in [0.15, 0.2) is 53.8 Å². The Balaban J connectivity index is 2.40. The van der Waals surface area contributed by atoms with E-state index in [-0.39, 0.29) is 5.91 Å². The number of aryl methyl sites for hydroxylation is 2. The van der Waals surface area contributed by atoms with Crippen LogP contribution in [0, 0.1) is 13.8 Å². The molecular weight excluding hydrogens is 276 g/mol. The van der Waals surface area contributed by atoms with E-state index in [1.807, 2.05) is 62.4 Å². The average molecular weight is 295 g/mol. The molecule has 0 aliphatic heterocycles. The third kappa shape index (κ3) is 3.14. The summed E-state index contributed by atoms with van der Waals surface area (Å²) in [7, 11) is 1.71. The van der Waals surface area contributed by atoms with Crippen LogP contribution in [-0.4, -0.2) is 13.0 Å². The van der Waals surface area contributed by atoms with Gasteiger partial charge in [0, 0.05) is 12.7 Å². The van der Waals surface area contributed by atoms with Crippen LogP contribution in [0.1, 0.15) is 22.7 Å². The number of rotatable bonds is 5. The van der Waals surface area contributed by atoms with Crippen molar-refractivity contribution in [3.05, 3.63) is 70.8 Å². The van der Waals surface area contributed by atoms with Crippen LogP contribution in [0.2, 0.25) is 0 Å². The van der Waals surface area contributed by atoms with Crippen molar-refractivity contribution in [2.45, 2.75) is 19.9 Å². The van der Waals surface area contributed by atoms with E-state index in [9.17, 15) is 4.79 Å². The minimum Gasteiger partial charge on any atom is -0.397 e. The minimum atomic E-state index is -0.739. The second kappa shape index (κ2) is 6.85. The van der Waals surface area contributed by atoms with Crippen molar-refractivity contribution in [1.29, 1.82) is 0 Å². The summed E-state index contributed by atoms with van der Waals surface area (Å²) in [5, 5.41) is 2.99. The topological polar surface area (TPSA) is 67.0 Å². The normalized spacial score (nSPS) is 11.6. The second-order valence-electron chi connectivity index (χ2n) is 5.20. The van der Waals surface area contributed by atoms with Gasteiger partial charge in [0.25, 0.3) is 0 Å². The lowest BCUT2D eigenvalue weighted by atomic mass is 9.95. The van der Waals surface area contributed by atoms with Crippen molar-refractivity contribution in [3.8, 4) is 0 Å². The third-order valence-corrected chi connectivity index (χ3v) is 3.74. The Kier molecular flexibility index (Phi) is 4.88. The van der Waals surface area contributed by atoms with E-state index in [0.717, 1.165) is 22.4 Å². The number of carbonyl (C=O) groups excluding carboxylic acids is 1. The smallest absolute Gasteiger partial charge is 0.234 e. The molecule has 0 fully saturated rings. The van der Waals surface area contributed by atoms with E-state index < -0.39 is 6.04 Å². The lowest BCUT2D eigenvalue weighted by molar-refractivity contribution is -0.120. The number of hydrogen-bond acceptors (Lipinski definition) is 2. The molecule has 0 heterocycles. The molecule has 0 aliphatic rings. The van der Waals surface area contributed by atoms with E-state index in [0.29, 0.717) is 0 Å². The van der Waals surface area contributed by atoms with E-state index >= 15 is 0 Å². The zero-order chi connectivity index (χ0) is 16.1. The van der Waals surface area contributed by atoms with Gasteiger partial charge in [0.1, 0.15) is 0 Å². The molecule has 0 radical (unpaired) electrons. The van der Waals surface area contributed by atoms with Crippen molar-refractivity contribution in [1.82, 2.24) is 5.43 Å². The molecule has 1 amide bonds. The number of para-hydroxylation sites is 1. The molecule has 0 saturated carbocycles. The molecule has 2 rings (SSSR count). The molecule has 0 saturated heterocycles. The molecule has 2 aromatic rings. The first kappa shape index (κ1) is 15.7. The summed E-state index contributed by atoms with van der Waals surface area (Å²) in [6, 6.07) is 14.4. The minimum absolute atomic E-state index is 0.193. The van der Waals surface area contributed by atoms with Crippen molar-refractivity contribution >= 4 is 11.6 Å². The number of benzene rings is 2. The molecule has 5 heteroatoms. The van der Waals surface area contributed by atoms with Crippen LogP contribution in [-0.2, 0) is 4.79 Å². The fraction of sp³-hybridized carbons (Fsp3) is 0.235. The number of nitrogens with zero attached hydrogens (tertiary/aromatic N) is 3. The average Bonchev–Trinajstić information content (AvgIpc) is 2.53. The highest BCUT2D eigenvalue weighted by Crippen LogP contribution is 2.25. The Morgan fingerprint density at radius 2 is 1.68 bits per heavy atom.